The Morgan fingerprint density at radius 1 is 0.875 bits per heavy atom. The summed E-state index contributed by atoms with van der Waals surface area (Å²) in [5, 5.41) is 12.8. The molecule has 1 aliphatic rings. The van der Waals surface area contributed by atoms with Gasteiger partial charge in [0.1, 0.15) is 41.3 Å². The van der Waals surface area contributed by atoms with Crippen molar-refractivity contribution in [3.63, 3.8) is 0 Å². The summed E-state index contributed by atoms with van der Waals surface area (Å²) < 4.78 is 33.9. The normalized spacial score (nSPS) is 25.4. The molecule has 6 atom stereocenters. The number of hydrogen-bond acceptors (Lipinski definition) is 9. The van der Waals surface area contributed by atoms with Gasteiger partial charge in [-0.3, -0.25) is 0 Å². The zero-order valence-electron chi connectivity index (χ0n) is 24.6. The van der Waals surface area contributed by atoms with Crippen molar-refractivity contribution in [1.29, 1.82) is 0 Å². The first-order chi connectivity index (χ1) is 19.5. The summed E-state index contributed by atoms with van der Waals surface area (Å²) in [5.41, 5.74) is 6.42. The maximum absolute atomic E-state index is 12.0. The minimum Gasteiger partial charge on any atom is -0.386 e. The smallest absolute Gasteiger partial charge is 0.223 e. The first-order valence-electron chi connectivity index (χ1n) is 15.0. The van der Waals surface area contributed by atoms with Crippen LogP contribution in [0, 0.1) is 0 Å². The predicted octanol–water partition coefficient (Wildman–Crippen LogP) is 5.30. The summed E-state index contributed by atoms with van der Waals surface area (Å²) in [5.74, 6) is 0.0392. The van der Waals surface area contributed by atoms with Crippen LogP contribution in [-0.4, -0.2) is 83.2 Å². The van der Waals surface area contributed by atoms with Gasteiger partial charge in [-0.05, 0) is 31.7 Å². The Morgan fingerprint density at radius 2 is 1.45 bits per heavy atom. The molecule has 0 radical (unpaired) electrons. The Balaban J connectivity index is 2.07. The predicted molar refractivity (Wildman–Crippen MR) is 157 cm³/mol. The van der Waals surface area contributed by atoms with E-state index in [1.54, 1.807) is 16.8 Å². The second-order valence-corrected chi connectivity index (χ2v) is 10.7. The van der Waals surface area contributed by atoms with Gasteiger partial charge < -0.3 is 39.1 Å². The molecule has 1 aliphatic heterocycles. The molecule has 0 saturated carbocycles. The summed E-state index contributed by atoms with van der Waals surface area (Å²) in [6.07, 6.45) is 5.00. The average Bonchev–Trinajstić information content (AvgIpc) is 3.32. The first kappa shape index (κ1) is 33.0. The van der Waals surface area contributed by atoms with E-state index in [1.807, 2.05) is 0 Å². The second-order valence-electron chi connectivity index (χ2n) is 10.4. The average molecular weight is 585 g/mol. The van der Waals surface area contributed by atoms with Gasteiger partial charge in [-0.1, -0.05) is 65.0 Å². The minimum absolute atomic E-state index is 0.0392. The molecule has 2 aromatic rings. The van der Waals surface area contributed by atoms with Gasteiger partial charge in [0, 0.05) is 32.6 Å². The first-order valence-corrected chi connectivity index (χ1v) is 15.4. The number of rotatable bonds is 18. The third kappa shape index (κ3) is 8.74. The van der Waals surface area contributed by atoms with Crippen molar-refractivity contribution in [2.24, 2.45) is 0 Å². The van der Waals surface area contributed by atoms with Crippen LogP contribution in [0.2, 0.25) is 5.15 Å². The molecule has 2 aromatic heterocycles. The lowest BCUT2D eigenvalue weighted by Crippen LogP contribution is -2.51. The van der Waals surface area contributed by atoms with E-state index < -0.39 is 36.7 Å². The number of nitrogens with two attached hydrogens (primary N) is 1. The Kier molecular flexibility index (Phi) is 14.4. The molecular weight excluding hydrogens is 536 g/mol. The number of halogens is 1. The Hall–Kier alpha value is -1.53. The molecule has 0 unspecified atom stereocenters. The monoisotopic (exact) mass is 584 g/mol. The maximum atomic E-state index is 12.0. The Bertz CT molecular complexity index is 995. The second kappa shape index (κ2) is 17.4. The van der Waals surface area contributed by atoms with Crippen LogP contribution in [0.3, 0.4) is 0 Å². The van der Waals surface area contributed by atoms with E-state index in [9.17, 15) is 5.11 Å². The van der Waals surface area contributed by atoms with Gasteiger partial charge in [-0.2, -0.15) is 4.98 Å². The summed E-state index contributed by atoms with van der Waals surface area (Å²) in [7, 11) is 0. The fraction of sp³-hybridized carbons (Fsp3) is 0.793. The number of aliphatic hydroxyl groups is 1. The molecule has 1 fully saturated rings. The molecule has 0 amide bonds. The molecule has 10 nitrogen and oxygen atoms in total. The van der Waals surface area contributed by atoms with Crippen molar-refractivity contribution >= 4 is 28.6 Å². The van der Waals surface area contributed by atoms with Crippen molar-refractivity contribution in [2.45, 2.75) is 116 Å². The number of nitrogens with zero attached hydrogens (tertiary/aromatic N) is 3. The van der Waals surface area contributed by atoms with Crippen LogP contribution in [0.5, 0.6) is 0 Å². The van der Waals surface area contributed by atoms with Crippen LogP contribution in [-0.2, 0) is 23.7 Å². The number of nitrogen functional groups attached to an aromatic ring is 1. The Labute approximate surface area is 243 Å². The number of ether oxygens (including phenoxy) is 5. The van der Waals surface area contributed by atoms with Crippen LogP contribution >= 0.6 is 11.6 Å². The van der Waals surface area contributed by atoms with Crippen LogP contribution in [0.1, 0.15) is 85.3 Å². The van der Waals surface area contributed by atoms with E-state index in [4.69, 9.17) is 41.0 Å². The van der Waals surface area contributed by atoms with Crippen LogP contribution in [0.15, 0.2) is 12.3 Å². The Morgan fingerprint density at radius 3 is 2.08 bits per heavy atom. The molecular formula is C29H49ClN4O6. The lowest BCUT2D eigenvalue weighted by molar-refractivity contribution is -0.176. The standard InChI is InChI=1S/C29H49ClN4O6/c1-5-9-15-36-19-21-23(37-16-10-6-2)25(39-18-12-8-4)24(38-17-11-7-3)22(35)28(40-21)34-14-13-20-26(30)32-29(31)33-27(20)34/h13-14,21-25,28,35H,5-12,15-19H2,1-4H3,(H2,31,32,33)/t21-,22-,23-,24+,25+,28-/m1/s1. The molecule has 0 aliphatic carbocycles. The zero-order chi connectivity index (χ0) is 28.9. The number of anilines is 1. The molecule has 1 saturated heterocycles. The van der Waals surface area contributed by atoms with Gasteiger partial charge in [-0.25, -0.2) is 4.98 Å². The van der Waals surface area contributed by atoms with Crippen LogP contribution in [0.25, 0.3) is 11.0 Å². The fourth-order valence-electron chi connectivity index (χ4n) is 4.80. The third-order valence-corrected chi connectivity index (χ3v) is 7.41. The van der Waals surface area contributed by atoms with Crippen LogP contribution in [0.4, 0.5) is 5.95 Å². The molecule has 3 N–H and O–H groups in total. The molecule has 228 valence electrons. The van der Waals surface area contributed by atoms with Crippen molar-refractivity contribution in [3.05, 3.63) is 17.4 Å². The SMILES string of the molecule is CCCCOC[C@H]1O[C@@H](n2ccc3c(Cl)nc(N)nc32)[C@H](O)[C@H](OCCCC)[C@@H](OCCCC)[C@@H]1OCCCC. The van der Waals surface area contributed by atoms with E-state index in [1.165, 1.54) is 0 Å². The number of unbranched alkanes of at least 4 members (excludes halogenated alkanes) is 4. The largest absolute Gasteiger partial charge is 0.386 e. The lowest BCUT2D eigenvalue weighted by atomic mass is 9.99. The van der Waals surface area contributed by atoms with Crippen molar-refractivity contribution in [1.82, 2.24) is 14.5 Å². The van der Waals surface area contributed by atoms with Gasteiger partial charge in [0.15, 0.2) is 6.23 Å². The van der Waals surface area contributed by atoms with Gasteiger partial charge in [0.05, 0.1) is 12.0 Å². The van der Waals surface area contributed by atoms with Gasteiger partial charge in [0.25, 0.3) is 0 Å². The zero-order valence-corrected chi connectivity index (χ0v) is 25.4. The minimum atomic E-state index is -1.10. The number of aliphatic hydroxyl groups excluding tert-OH is 1. The van der Waals surface area contributed by atoms with Gasteiger partial charge in [0.2, 0.25) is 5.95 Å². The molecule has 0 aromatic carbocycles. The van der Waals surface area contributed by atoms with Crippen molar-refractivity contribution in [2.75, 3.05) is 38.8 Å². The number of aromatic nitrogens is 3. The molecule has 0 bridgehead atoms. The molecule has 11 heteroatoms. The summed E-state index contributed by atoms with van der Waals surface area (Å²) in [6.45, 7) is 10.9. The molecule has 0 spiro atoms. The van der Waals surface area contributed by atoms with Crippen molar-refractivity contribution in [3.8, 4) is 0 Å². The molecule has 3 rings (SSSR count). The highest BCUT2D eigenvalue weighted by atomic mass is 35.5. The van der Waals surface area contributed by atoms with E-state index >= 15 is 0 Å². The van der Waals surface area contributed by atoms with Gasteiger partial charge in [-0.15, -0.1) is 0 Å². The highest BCUT2D eigenvalue weighted by Gasteiger charge is 2.49. The third-order valence-electron chi connectivity index (χ3n) is 7.12. The highest BCUT2D eigenvalue weighted by Crippen LogP contribution is 2.35. The van der Waals surface area contributed by atoms with E-state index in [-0.39, 0.29) is 17.7 Å². The maximum Gasteiger partial charge on any atom is 0.223 e. The fourth-order valence-corrected chi connectivity index (χ4v) is 5.03. The number of hydrogen-bond donors (Lipinski definition) is 2. The topological polar surface area (TPSA) is 123 Å². The van der Waals surface area contributed by atoms with E-state index in [0.717, 1.165) is 51.4 Å². The summed E-state index contributed by atoms with van der Waals surface area (Å²) in [6, 6.07) is 1.79. The van der Waals surface area contributed by atoms with Crippen LogP contribution < -0.4 is 5.73 Å². The lowest BCUT2D eigenvalue weighted by Gasteiger charge is -2.35. The van der Waals surface area contributed by atoms with E-state index in [0.29, 0.717) is 37.5 Å². The number of fused-ring (bicyclic) bond motifs is 1. The molecule has 40 heavy (non-hydrogen) atoms. The highest BCUT2D eigenvalue weighted by molar-refractivity contribution is 6.34. The summed E-state index contributed by atoms with van der Waals surface area (Å²) >= 11 is 6.38. The van der Waals surface area contributed by atoms with Gasteiger partial charge >= 0.3 is 0 Å². The van der Waals surface area contributed by atoms with Crippen molar-refractivity contribution < 1.29 is 28.8 Å². The molecule has 3 heterocycles. The summed E-state index contributed by atoms with van der Waals surface area (Å²) in [4.78, 5) is 8.50. The van der Waals surface area contributed by atoms with E-state index in [2.05, 4.69) is 37.7 Å². The quantitative estimate of drug-likeness (QED) is 0.177.